The van der Waals surface area contributed by atoms with Crippen molar-refractivity contribution in [2.24, 2.45) is 5.92 Å². The molecule has 2 atom stereocenters. The summed E-state index contributed by atoms with van der Waals surface area (Å²) in [6.07, 6.45) is 1.59. The predicted molar refractivity (Wildman–Crippen MR) is 98.4 cm³/mol. The Morgan fingerprint density at radius 1 is 1.24 bits per heavy atom. The first kappa shape index (κ1) is 19.4. The number of hydrogen-bond donors (Lipinski definition) is 2. The number of rotatable bonds is 6. The van der Waals surface area contributed by atoms with E-state index in [9.17, 15) is 14.7 Å². The lowest BCUT2D eigenvalue weighted by Crippen LogP contribution is -2.47. The molecule has 1 aromatic rings. The minimum Gasteiger partial charge on any atom is -0.391 e. The molecule has 0 aromatic heterocycles. The predicted octanol–water partition coefficient (Wildman–Crippen LogP) is 2.33. The van der Waals surface area contributed by atoms with E-state index < -0.39 is 12.1 Å². The van der Waals surface area contributed by atoms with E-state index in [0.717, 1.165) is 18.4 Å². The van der Waals surface area contributed by atoms with Crippen molar-refractivity contribution >= 4 is 11.8 Å². The van der Waals surface area contributed by atoms with Gasteiger partial charge in [0.25, 0.3) is 5.91 Å². The van der Waals surface area contributed by atoms with Gasteiger partial charge >= 0.3 is 0 Å². The maximum absolute atomic E-state index is 12.4. The smallest absolute Gasteiger partial charge is 0.251 e. The van der Waals surface area contributed by atoms with Crippen molar-refractivity contribution < 1.29 is 14.7 Å². The van der Waals surface area contributed by atoms with E-state index >= 15 is 0 Å². The quantitative estimate of drug-likeness (QED) is 0.831. The maximum Gasteiger partial charge on any atom is 0.251 e. The molecular weight excluding hydrogens is 316 g/mol. The summed E-state index contributed by atoms with van der Waals surface area (Å²) in [5.41, 5.74) is 1.72. The van der Waals surface area contributed by atoms with Crippen molar-refractivity contribution in [3.05, 3.63) is 35.4 Å². The highest BCUT2D eigenvalue weighted by Crippen LogP contribution is 2.32. The van der Waals surface area contributed by atoms with Crippen LogP contribution in [-0.2, 0) is 10.2 Å². The number of likely N-dealkylation sites (N-methyl/N-ethyl adjacent to an activating group) is 1. The molecule has 1 aliphatic carbocycles. The van der Waals surface area contributed by atoms with Crippen molar-refractivity contribution in [3.8, 4) is 0 Å². The SMILES string of the molecule is CC(NC(=O)c1ccc(C(C)(C)C)cc1)C(=O)N(C)CC(O)C1CC1. The molecule has 5 heteroatoms. The molecule has 0 saturated heterocycles. The second-order valence-electron chi connectivity index (χ2n) is 8.15. The van der Waals surface area contributed by atoms with Crippen LogP contribution in [0.25, 0.3) is 0 Å². The highest BCUT2D eigenvalue weighted by atomic mass is 16.3. The third kappa shape index (κ3) is 5.30. The van der Waals surface area contributed by atoms with Crippen LogP contribution in [0.3, 0.4) is 0 Å². The Hall–Kier alpha value is -1.88. The van der Waals surface area contributed by atoms with E-state index in [1.807, 2.05) is 12.1 Å². The van der Waals surface area contributed by atoms with Gasteiger partial charge in [-0.15, -0.1) is 0 Å². The number of aliphatic hydroxyl groups excluding tert-OH is 1. The van der Waals surface area contributed by atoms with Crippen molar-refractivity contribution in [2.75, 3.05) is 13.6 Å². The number of aliphatic hydroxyl groups is 1. The van der Waals surface area contributed by atoms with E-state index in [1.165, 1.54) is 4.90 Å². The fourth-order valence-electron chi connectivity index (χ4n) is 2.79. The van der Waals surface area contributed by atoms with Crippen LogP contribution in [0, 0.1) is 5.92 Å². The lowest BCUT2D eigenvalue weighted by Gasteiger charge is -2.24. The molecule has 1 fully saturated rings. The molecule has 0 spiro atoms. The van der Waals surface area contributed by atoms with Gasteiger partial charge in [-0.05, 0) is 48.8 Å². The summed E-state index contributed by atoms with van der Waals surface area (Å²) in [6.45, 7) is 8.34. The van der Waals surface area contributed by atoms with Crippen LogP contribution in [0.2, 0.25) is 0 Å². The van der Waals surface area contributed by atoms with Crippen molar-refractivity contribution in [1.29, 1.82) is 0 Å². The van der Waals surface area contributed by atoms with Gasteiger partial charge in [0.15, 0.2) is 0 Å². The summed E-state index contributed by atoms with van der Waals surface area (Å²) >= 11 is 0. The van der Waals surface area contributed by atoms with Crippen molar-refractivity contribution in [3.63, 3.8) is 0 Å². The standard InChI is InChI=1S/C20H30N2O3/c1-13(19(25)22(5)12-17(23)14-6-7-14)21-18(24)15-8-10-16(11-9-15)20(2,3)4/h8-11,13-14,17,23H,6-7,12H2,1-5H3,(H,21,24). The monoisotopic (exact) mass is 346 g/mol. The van der Waals surface area contributed by atoms with Gasteiger partial charge in [-0.2, -0.15) is 0 Å². The fraction of sp³-hybridized carbons (Fsp3) is 0.600. The number of benzene rings is 1. The molecule has 0 heterocycles. The topological polar surface area (TPSA) is 69.6 Å². The average Bonchev–Trinajstić information content (AvgIpc) is 3.38. The molecule has 1 aliphatic rings. The second kappa shape index (κ2) is 7.56. The lowest BCUT2D eigenvalue weighted by atomic mass is 9.86. The molecule has 2 unspecified atom stereocenters. The van der Waals surface area contributed by atoms with Gasteiger partial charge in [0.2, 0.25) is 5.91 Å². The molecule has 1 saturated carbocycles. The Balaban J connectivity index is 1.91. The molecule has 5 nitrogen and oxygen atoms in total. The normalized spacial score (nSPS) is 16.9. The zero-order valence-corrected chi connectivity index (χ0v) is 15.9. The first-order chi connectivity index (χ1) is 11.6. The Kier molecular flexibility index (Phi) is 5.88. The summed E-state index contributed by atoms with van der Waals surface area (Å²) in [6, 6.07) is 6.83. The first-order valence-corrected chi connectivity index (χ1v) is 8.94. The third-order valence-corrected chi connectivity index (χ3v) is 4.73. The molecule has 138 valence electrons. The molecule has 2 rings (SSSR count). The summed E-state index contributed by atoms with van der Waals surface area (Å²) in [4.78, 5) is 26.2. The number of nitrogens with zero attached hydrogens (tertiary/aromatic N) is 1. The van der Waals surface area contributed by atoms with E-state index in [0.29, 0.717) is 18.0 Å². The number of nitrogens with one attached hydrogen (secondary N) is 1. The van der Waals surface area contributed by atoms with Gasteiger partial charge < -0.3 is 15.3 Å². The van der Waals surface area contributed by atoms with Gasteiger partial charge in [0.1, 0.15) is 6.04 Å². The summed E-state index contributed by atoms with van der Waals surface area (Å²) in [5, 5.41) is 12.7. The van der Waals surface area contributed by atoms with Crippen LogP contribution in [0.4, 0.5) is 0 Å². The summed E-state index contributed by atoms with van der Waals surface area (Å²) in [7, 11) is 1.66. The zero-order valence-electron chi connectivity index (χ0n) is 15.9. The molecular formula is C20H30N2O3. The minimum atomic E-state index is -0.633. The Morgan fingerprint density at radius 3 is 2.28 bits per heavy atom. The highest BCUT2D eigenvalue weighted by Gasteiger charge is 2.32. The van der Waals surface area contributed by atoms with Gasteiger partial charge in [0.05, 0.1) is 6.10 Å². The Morgan fingerprint density at radius 2 is 1.80 bits per heavy atom. The molecule has 0 bridgehead atoms. The third-order valence-electron chi connectivity index (χ3n) is 4.73. The van der Waals surface area contributed by atoms with Crippen LogP contribution >= 0.6 is 0 Å². The lowest BCUT2D eigenvalue weighted by molar-refractivity contribution is -0.132. The largest absolute Gasteiger partial charge is 0.391 e. The van der Waals surface area contributed by atoms with Gasteiger partial charge in [-0.25, -0.2) is 0 Å². The minimum absolute atomic E-state index is 0.0311. The fourth-order valence-corrected chi connectivity index (χ4v) is 2.79. The van der Waals surface area contributed by atoms with E-state index in [2.05, 4.69) is 26.1 Å². The van der Waals surface area contributed by atoms with Gasteiger partial charge in [-0.3, -0.25) is 9.59 Å². The molecule has 0 radical (unpaired) electrons. The zero-order chi connectivity index (χ0) is 18.8. The van der Waals surface area contributed by atoms with E-state index in [4.69, 9.17) is 0 Å². The molecule has 25 heavy (non-hydrogen) atoms. The Labute approximate surface area is 150 Å². The van der Waals surface area contributed by atoms with E-state index in [-0.39, 0.29) is 17.2 Å². The maximum atomic E-state index is 12.4. The molecule has 1 aromatic carbocycles. The summed E-state index contributed by atoms with van der Waals surface area (Å²) < 4.78 is 0. The van der Waals surface area contributed by atoms with E-state index in [1.54, 1.807) is 26.1 Å². The van der Waals surface area contributed by atoms with Crippen LogP contribution < -0.4 is 5.32 Å². The second-order valence-corrected chi connectivity index (χ2v) is 8.15. The van der Waals surface area contributed by atoms with Crippen molar-refractivity contribution in [2.45, 2.75) is 58.1 Å². The Bertz CT molecular complexity index is 615. The van der Waals surface area contributed by atoms with Crippen LogP contribution in [-0.4, -0.2) is 47.6 Å². The van der Waals surface area contributed by atoms with Crippen LogP contribution in [0.5, 0.6) is 0 Å². The average molecular weight is 346 g/mol. The molecule has 0 aliphatic heterocycles. The highest BCUT2D eigenvalue weighted by molar-refractivity contribution is 5.97. The number of amides is 2. The molecule has 2 N–H and O–H groups in total. The van der Waals surface area contributed by atoms with Gasteiger partial charge in [-0.1, -0.05) is 32.9 Å². The summed E-state index contributed by atoms with van der Waals surface area (Å²) in [5.74, 6) is -0.140. The first-order valence-electron chi connectivity index (χ1n) is 8.94. The molecule has 2 amide bonds. The number of carbonyl (C=O) groups excluding carboxylic acids is 2. The number of carbonyl (C=O) groups is 2. The van der Waals surface area contributed by atoms with Gasteiger partial charge in [0, 0.05) is 19.2 Å². The van der Waals surface area contributed by atoms with Crippen molar-refractivity contribution in [1.82, 2.24) is 10.2 Å². The van der Waals surface area contributed by atoms with Crippen LogP contribution in [0.15, 0.2) is 24.3 Å². The number of hydrogen-bond acceptors (Lipinski definition) is 3. The van der Waals surface area contributed by atoms with Crippen LogP contribution in [0.1, 0.15) is 56.5 Å².